The van der Waals surface area contributed by atoms with Crippen LogP contribution in [0.2, 0.25) is 0 Å². The van der Waals surface area contributed by atoms with Crippen LogP contribution in [-0.4, -0.2) is 0 Å². The van der Waals surface area contributed by atoms with Gasteiger partial charge in [-0.3, -0.25) is 0 Å². The SMILES string of the molecule is [CH2-][C]([CH2-])C.[Cl][Zr+2][Cl]. The molecule has 3 heteroatoms. The van der Waals surface area contributed by atoms with Crippen molar-refractivity contribution in [2.24, 2.45) is 0 Å². The van der Waals surface area contributed by atoms with E-state index in [0.717, 1.165) is 5.92 Å². The Morgan fingerprint density at radius 1 is 1.43 bits per heavy atom. The van der Waals surface area contributed by atoms with Crippen LogP contribution in [0.3, 0.4) is 0 Å². The standard InChI is InChI=1S/C4H7.2ClH.Zr/c1-4(2)3;;;/h1-2H2,3H3;2*1H;/q-2;;;+4/p-2. The summed E-state index contributed by atoms with van der Waals surface area (Å²) in [7, 11) is 9.87. The minimum absolute atomic E-state index is 0.826. The molecule has 0 heterocycles. The first kappa shape index (κ1) is 11.3. The van der Waals surface area contributed by atoms with Crippen LogP contribution in [0.15, 0.2) is 0 Å². The molecule has 0 fully saturated rings. The summed E-state index contributed by atoms with van der Waals surface area (Å²) < 4.78 is 0. The van der Waals surface area contributed by atoms with Crippen molar-refractivity contribution in [3.63, 3.8) is 0 Å². The molecule has 7 heavy (non-hydrogen) atoms. The Labute approximate surface area is 64.2 Å². The average molecular weight is 217 g/mol. The number of rotatable bonds is 0. The monoisotopic (exact) mass is 215 g/mol. The number of hydrogen-bond donors (Lipinski definition) is 0. The molecule has 0 aromatic carbocycles. The van der Waals surface area contributed by atoms with Crippen LogP contribution in [0.5, 0.6) is 0 Å². The van der Waals surface area contributed by atoms with E-state index in [-0.39, 0.29) is 0 Å². The molecule has 0 amide bonds. The van der Waals surface area contributed by atoms with Crippen molar-refractivity contribution in [3.05, 3.63) is 19.8 Å². The van der Waals surface area contributed by atoms with E-state index in [1.165, 1.54) is 0 Å². The van der Waals surface area contributed by atoms with Gasteiger partial charge in [-0.15, -0.1) is 6.92 Å². The zero-order chi connectivity index (χ0) is 6.28. The molecule has 0 N–H and O–H groups in total. The molecule has 0 spiro atoms. The minimum atomic E-state index is -0.826. The van der Waals surface area contributed by atoms with E-state index in [0.29, 0.717) is 0 Å². The third-order valence-corrected chi connectivity index (χ3v) is 0. The first-order chi connectivity index (χ1) is 3.15. The molecule has 1 radical (unpaired) electrons. The molecule has 0 saturated heterocycles. The van der Waals surface area contributed by atoms with Gasteiger partial charge in [-0.1, -0.05) is 0 Å². The summed E-state index contributed by atoms with van der Waals surface area (Å²) in [6.45, 7) is 8.75. The van der Waals surface area contributed by atoms with Crippen LogP contribution in [0.1, 0.15) is 6.92 Å². The second-order valence-electron chi connectivity index (χ2n) is 1.03. The molecule has 0 aromatic rings. The van der Waals surface area contributed by atoms with E-state index in [4.69, 9.17) is 17.0 Å². The molecule has 0 rings (SSSR count). The molecule has 0 aromatic heterocycles. The van der Waals surface area contributed by atoms with Gasteiger partial charge in [-0.05, 0) is 0 Å². The van der Waals surface area contributed by atoms with Gasteiger partial charge in [0.05, 0.1) is 0 Å². The maximum absolute atomic E-state index is 4.93. The van der Waals surface area contributed by atoms with Crippen molar-refractivity contribution < 1.29 is 20.8 Å². The fourth-order valence-electron chi connectivity index (χ4n) is 0. The Morgan fingerprint density at radius 2 is 1.43 bits per heavy atom. The van der Waals surface area contributed by atoms with Gasteiger partial charge in [0.1, 0.15) is 0 Å². The fraction of sp³-hybridized carbons (Fsp3) is 0.250. The summed E-state index contributed by atoms with van der Waals surface area (Å²) in [5, 5.41) is 0. The van der Waals surface area contributed by atoms with E-state index < -0.39 is 20.8 Å². The molecule has 0 unspecified atom stereocenters. The number of halogens is 2. The summed E-state index contributed by atoms with van der Waals surface area (Å²) in [6, 6.07) is 0. The topological polar surface area (TPSA) is 0 Å². The van der Waals surface area contributed by atoms with E-state index >= 15 is 0 Å². The normalized spacial score (nSPS) is 6.57. The number of hydrogen-bond acceptors (Lipinski definition) is 0. The van der Waals surface area contributed by atoms with Gasteiger partial charge >= 0.3 is 37.9 Å². The van der Waals surface area contributed by atoms with E-state index in [1.54, 1.807) is 0 Å². The molecular weight excluding hydrogens is 210 g/mol. The third-order valence-electron chi connectivity index (χ3n) is 0. The van der Waals surface area contributed by atoms with Gasteiger partial charge in [0.2, 0.25) is 0 Å². The predicted molar refractivity (Wildman–Crippen MR) is 31.3 cm³/mol. The van der Waals surface area contributed by atoms with E-state index in [1.807, 2.05) is 6.92 Å². The summed E-state index contributed by atoms with van der Waals surface area (Å²) >= 11 is -0.826. The van der Waals surface area contributed by atoms with Crippen LogP contribution in [-0.2, 0) is 20.8 Å². The summed E-state index contributed by atoms with van der Waals surface area (Å²) in [5.41, 5.74) is 0. The van der Waals surface area contributed by atoms with Crippen molar-refractivity contribution in [2.75, 3.05) is 0 Å². The van der Waals surface area contributed by atoms with E-state index in [9.17, 15) is 0 Å². The van der Waals surface area contributed by atoms with Gasteiger partial charge in [0.15, 0.2) is 0 Å². The van der Waals surface area contributed by atoms with Crippen LogP contribution in [0.4, 0.5) is 0 Å². The van der Waals surface area contributed by atoms with Crippen molar-refractivity contribution in [3.8, 4) is 0 Å². The first-order valence-corrected chi connectivity index (χ1v) is 7.92. The molecule has 0 aliphatic carbocycles. The summed E-state index contributed by atoms with van der Waals surface area (Å²) in [4.78, 5) is 0. The van der Waals surface area contributed by atoms with Gasteiger partial charge in [-0.25, -0.2) is 0 Å². The van der Waals surface area contributed by atoms with Crippen LogP contribution in [0, 0.1) is 19.8 Å². The van der Waals surface area contributed by atoms with Crippen molar-refractivity contribution in [1.29, 1.82) is 0 Å². The molecule has 0 nitrogen and oxygen atoms in total. The van der Waals surface area contributed by atoms with Crippen LogP contribution >= 0.6 is 17.0 Å². The molecule has 0 bridgehead atoms. The fourth-order valence-corrected chi connectivity index (χ4v) is 0. The molecule has 0 saturated carbocycles. The molecule has 0 atom stereocenters. The Morgan fingerprint density at radius 3 is 1.43 bits per heavy atom. The third kappa shape index (κ3) is 104. The van der Waals surface area contributed by atoms with Gasteiger partial charge in [-0.2, -0.15) is 0 Å². The molecule has 0 aliphatic rings. The quantitative estimate of drug-likeness (QED) is 0.547. The molecule has 41 valence electrons. The van der Waals surface area contributed by atoms with Gasteiger partial charge < -0.3 is 19.8 Å². The first-order valence-electron chi connectivity index (χ1n) is 1.59. The van der Waals surface area contributed by atoms with Crippen LogP contribution < -0.4 is 0 Å². The van der Waals surface area contributed by atoms with Gasteiger partial charge in [0.25, 0.3) is 0 Å². The van der Waals surface area contributed by atoms with Crippen molar-refractivity contribution in [2.45, 2.75) is 6.92 Å². The molecular formula is C4H7Cl2Zr. The van der Waals surface area contributed by atoms with Crippen molar-refractivity contribution >= 4 is 17.0 Å². The van der Waals surface area contributed by atoms with Crippen LogP contribution in [0.25, 0.3) is 0 Å². The summed E-state index contributed by atoms with van der Waals surface area (Å²) in [5.74, 6) is 0.917. The predicted octanol–water partition coefficient (Wildman–Crippen LogP) is 2.63. The maximum atomic E-state index is 4.93. The van der Waals surface area contributed by atoms with Gasteiger partial charge in [0, 0.05) is 0 Å². The van der Waals surface area contributed by atoms with E-state index in [2.05, 4.69) is 13.8 Å². The average Bonchev–Trinajstić information content (AvgIpc) is 1.33. The zero-order valence-corrected chi connectivity index (χ0v) is 8.14. The Balaban J connectivity index is 0. The second kappa shape index (κ2) is 10.4. The Kier molecular flexibility index (Phi) is 16.8. The zero-order valence-electron chi connectivity index (χ0n) is 4.17. The Bertz CT molecular complexity index is 20.9. The molecule has 0 aliphatic heterocycles. The second-order valence-corrected chi connectivity index (χ2v) is 4.76. The summed E-state index contributed by atoms with van der Waals surface area (Å²) in [6.07, 6.45) is 0. The Hall–Kier alpha value is 1.46. The van der Waals surface area contributed by atoms with Crippen molar-refractivity contribution in [1.82, 2.24) is 0 Å².